The Labute approximate surface area is 115 Å². The summed E-state index contributed by atoms with van der Waals surface area (Å²) in [5, 5.41) is 5.60. The Morgan fingerprint density at radius 2 is 1.79 bits per heavy atom. The zero-order chi connectivity index (χ0) is 13.2. The predicted octanol–water partition coefficient (Wildman–Crippen LogP) is 3.61. The molecule has 0 aliphatic rings. The lowest BCUT2D eigenvalue weighted by atomic mass is 10.1. The summed E-state index contributed by atoms with van der Waals surface area (Å²) in [4.78, 5) is 7.93. The quantitative estimate of drug-likeness (QED) is 0.698. The summed E-state index contributed by atoms with van der Waals surface area (Å²) in [6, 6.07) is 15.8. The Hall–Kier alpha value is -2.33. The molecule has 0 amide bonds. The fraction of sp³-hybridized carbons (Fsp3) is 0. The second-order valence-electron chi connectivity index (χ2n) is 4.10. The van der Waals surface area contributed by atoms with Crippen molar-refractivity contribution in [2.24, 2.45) is 0 Å². The van der Waals surface area contributed by atoms with Gasteiger partial charge in [-0.25, -0.2) is 9.97 Å². The molecule has 94 valence electrons. The van der Waals surface area contributed by atoms with E-state index in [0.29, 0.717) is 11.6 Å². The summed E-state index contributed by atoms with van der Waals surface area (Å²) in [6.07, 6.45) is 0. The van der Waals surface area contributed by atoms with E-state index in [1.54, 1.807) is 6.07 Å². The van der Waals surface area contributed by atoms with Crippen LogP contribution in [0.25, 0.3) is 10.8 Å². The van der Waals surface area contributed by atoms with Crippen LogP contribution in [0.4, 0.5) is 17.3 Å². The molecule has 1 heterocycles. The van der Waals surface area contributed by atoms with Gasteiger partial charge in [-0.05, 0) is 23.1 Å². The van der Waals surface area contributed by atoms with E-state index in [1.165, 1.54) is 0 Å². The molecule has 1 aromatic heterocycles. The number of halogens is 1. The van der Waals surface area contributed by atoms with Gasteiger partial charge in [0.15, 0.2) is 0 Å². The number of nitrogen functional groups attached to an aromatic ring is 1. The molecule has 0 fully saturated rings. The van der Waals surface area contributed by atoms with Crippen LogP contribution < -0.4 is 11.1 Å². The van der Waals surface area contributed by atoms with Gasteiger partial charge in [-0.15, -0.1) is 0 Å². The summed E-state index contributed by atoms with van der Waals surface area (Å²) >= 11 is 5.79. The number of fused-ring (bicyclic) bond motifs is 1. The monoisotopic (exact) mass is 270 g/mol. The van der Waals surface area contributed by atoms with Crippen LogP contribution in [-0.4, -0.2) is 9.97 Å². The number of rotatable bonds is 2. The highest BCUT2D eigenvalue weighted by molar-refractivity contribution is 6.28. The molecule has 0 bridgehead atoms. The second kappa shape index (κ2) is 4.74. The second-order valence-corrected chi connectivity index (χ2v) is 4.44. The van der Waals surface area contributed by atoms with E-state index < -0.39 is 0 Å². The van der Waals surface area contributed by atoms with Crippen molar-refractivity contribution in [1.29, 1.82) is 0 Å². The first kappa shape index (κ1) is 11.7. The molecule has 0 radical (unpaired) electrons. The van der Waals surface area contributed by atoms with E-state index in [2.05, 4.69) is 27.4 Å². The maximum Gasteiger partial charge on any atom is 0.226 e. The molecule has 0 aliphatic carbocycles. The van der Waals surface area contributed by atoms with Gasteiger partial charge >= 0.3 is 0 Å². The van der Waals surface area contributed by atoms with Crippen LogP contribution in [0.15, 0.2) is 48.5 Å². The highest BCUT2D eigenvalue weighted by Gasteiger charge is 2.04. The first-order valence-electron chi connectivity index (χ1n) is 5.77. The van der Waals surface area contributed by atoms with Crippen molar-refractivity contribution in [2.45, 2.75) is 0 Å². The summed E-state index contributed by atoms with van der Waals surface area (Å²) < 4.78 is 0. The zero-order valence-electron chi connectivity index (χ0n) is 9.97. The molecule has 0 aliphatic heterocycles. The highest BCUT2D eigenvalue weighted by atomic mass is 35.5. The SMILES string of the molecule is Nc1cc(Nc2cccc3ccccc23)nc(Cl)n1. The minimum absolute atomic E-state index is 0.128. The van der Waals surface area contributed by atoms with Gasteiger partial charge in [0.2, 0.25) is 5.28 Å². The highest BCUT2D eigenvalue weighted by Crippen LogP contribution is 2.26. The minimum atomic E-state index is 0.128. The molecule has 0 saturated carbocycles. The molecule has 5 heteroatoms. The lowest BCUT2D eigenvalue weighted by Gasteiger charge is -2.09. The van der Waals surface area contributed by atoms with Crippen molar-refractivity contribution in [3.05, 3.63) is 53.8 Å². The Balaban J connectivity index is 2.05. The van der Waals surface area contributed by atoms with Crippen LogP contribution in [-0.2, 0) is 0 Å². The molecule has 0 spiro atoms. The number of nitrogens with one attached hydrogen (secondary N) is 1. The molecule has 0 saturated heterocycles. The zero-order valence-corrected chi connectivity index (χ0v) is 10.7. The normalized spacial score (nSPS) is 10.6. The van der Waals surface area contributed by atoms with Gasteiger partial charge in [0, 0.05) is 17.1 Å². The van der Waals surface area contributed by atoms with Crippen LogP contribution in [0.1, 0.15) is 0 Å². The minimum Gasteiger partial charge on any atom is -0.383 e. The molecule has 2 aromatic carbocycles. The van der Waals surface area contributed by atoms with Crippen molar-refractivity contribution < 1.29 is 0 Å². The van der Waals surface area contributed by atoms with E-state index in [0.717, 1.165) is 16.5 Å². The average Bonchev–Trinajstić information content (AvgIpc) is 2.38. The van der Waals surface area contributed by atoms with Crippen LogP contribution in [0.5, 0.6) is 0 Å². The van der Waals surface area contributed by atoms with Crippen LogP contribution >= 0.6 is 11.6 Å². The first-order chi connectivity index (χ1) is 9.22. The lowest BCUT2D eigenvalue weighted by Crippen LogP contribution is -1.99. The molecule has 4 nitrogen and oxygen atoms in total. The van der Waals surface area contributed by atoms with Crippen LogP contribution in [0, 0.1) is 0 Å². The topological polar surface area (TPSA) is 63.8 Å². The number of benzene rings is 2. The van der Waals surface area contributed by atoms with Crippen molar-refractivity contribution in [3.63, 3.8) is 0 Å². The molecule has 3 rings (SSSR count). The fourth-order valence-electron chi connectivity index (χ4n) is 1.97. The summed E-state index contributed by atoms with van der Waals surface area (Å²) in [6.45, 7) is 0. The van der Waals surface area contributed by atoms with Gasteiger partial charge in [-0.2, -0.15) is 0 Å². The molecule has 19 heavy (non-hydrogen) atoms. The molecule has 3 aromatic rings. The van der Waals surface area contributed by atoms with Crippen molar-refractivity contribution in [2.75, 3.05) is 11.1 Å². The maximum absolute atomic E-state index is 5.79. The molecule has 0 unspecified atom stereocenters. The van der Waals surface area contributed by atoms with Gasteiger partial charge in [0.25, 0.3) is 0 Å². The van der Waals surface area contributed by atoms with Crippen LogP contribution in [0.3, 0.4) is 0 Å². The molecular weight excluding hydrogens is 260 g/mol. The standard InChI is InChI=1S/C14H11ClN4/c15-14-18-12(16)8-13(19-14)17-11-7-3-5-9-4-1-2-6-10(9)11/h1-8H,(H3,16,17,18,19). The number of anilines is 3. The Morgan fingerprint density at radius 3 is 2.63 bits per heavy atom. The Kier molecular flexibility index (Phi) is 2.93. The fourth-order valence-corrected chi connectivity index (χ4v) is 2.16. The smallest absolute Gasteiger partial charge is 0.226 e. The average molecular weight is 271 g/mol. The number of hydrogen-bond donors (Lipinski definition) is 2. The number of nitrogens with two attached hydrogens (primary N) is 1. The van der Waals surface area contributed by atoms with Gasteiger partial charge in [-0.1, -0.05) is 36.4 Å². The van der Waals surface area contributed by atoms with E-state index in [1.807, 2.05) is 30.3 Å². The van der Waals surface area contributed by atoms with Gasteiger partial charge in [0.1, 0.15) is 11.6 Å². The summed E-state index contributed by atoms with van der Waals surface area (Å²) in [5.41, 5.74) is 6.60. The number of nitrogens with zero attached hydrogens (tertiary/aromatic N) is 2. The third kappa shape index (κ3) is 2.44. The predicted molar refractivity (Wildman–Crippen MR) is 78.7 cm³/mol. The molecule has 3 N–H and O–H groups in total. The summed E-state index contributed by atoms with van der Waals surface area (Å²) in [5.74, 6) is 0.914. The largest absolute Gasteiger partial charge is 0.383 e. The number of hydrogen-bond acceptors (Lipinski definition) is 4. The van der Waals surface area contributed by atoms with Crippen molar-refractivity contribution >= 4 is 39.7 Å². The van der Waals surface area contributed by atoms with E-state index in [9.17, 15) is 0 Å². The van der Waals surface area contributed by atoms with Gasteiger partial charge < -0.3 is 11.1 Å². The van der Waals surface area contributed by atoms with E-state index in [-0.39, 0.29) is 5.28 Å². The van der Waals surface area contributed by atoms with Crippen molar-refractivity contribution in [3.8, 4) is 0 Å². The van der Waals surface area contributed by atoms with Crippen molar-refractivity contribution in [1.82, 2.24) is 9.97 Å². The van der Waals surface area contributed by atoms with E-state index >= 15 is 0 Å². The first-order valence-corrected chi connectivity index (χ1v) is 6.15. The molecular formula is C14H11ClN4. The Morgan fingerprint density at radius 1 is 1.00 bits per heavy atom. The van der Waals surface area contributed by atoms with Gasteiger partial charge in [0.05, 0.1) is 0 Å². The summed E-state index contributed by atoms with van der Waals surface area (Å²) in [7, 11) is 0. The van der Waals surface area contributed by atoms with Crippen LogP contribution in [0.2, 0.25) is 5.28 Å². The third-order valence-corrected chi connectivity index (χ3v) is 2.94. The van der Waals surface area contributed by atoms with E-state index in [4.69, 9.17) is 17.3 Å². The maximum atomic E-state index is 5.79. The molecule has 0 atom stereocenters. The lowest BCUT2D eigenvalue weighted by molar-refractivity contribution is 1.18. The number of aromatic nitrogens is 2. The van der Waals surface area contributed by atoms with Gasteiger partial charge in [-0.3, -0.25) is 0 Å². The third-order valence-electron chi connectivity index (χ3n) is 2.77. The Bertz CT molecular complexity index is 717.